The second-order valence-electron chi connectivity index (χ2n) is 10.7. The molecule has 3 nitrogen and oxygen atoms in total. The van der Waals surface area contributed by atoms with Gasteiger partial charge in [0.2, 0.25) is 0 Å². The summed E-state index contributed by atoms with van der Waals surface area (Å²) in [7, 11) is -0.394. The first kappa shape index (κ1) is 23.7. The summed E-state index contributed by atoms with van der Waals surface area (Å²) >= 11 is 0. The molecule has 2 heterocycles. The Bertz CT molecular complexity index is 1580. The third-order valence-corrected chi connectivity index (χ3v) is 7.84. The maximum absolute atomic E-state index is 6.33. The third-order valence-electron chi connectivity index (χ3n) is 7.84. The molecule has 0 spiro atoms. The molecule has 37 heavy (non-hydrogen) atoms. The zero-order chi connectivity index (χ0) is 25.6. The maximum atomic E-state index is 6.33. The average Bonchev–Trinajstić information content (AvgIpc) is 3.15. The molecule has 1 saturated heterocycles. The molecule has 1 aliphatic rings. The molecule has 1 fully saturated rings. The fourth-order valence-electron chi connectivity index (χ4n) is 5.10. The number of benzene rings is 4. The van der Waals surface area contributed by atoms with Gasteiger partial charge in [0.15, 0.2) is 0 Å². The number of hydrogen-bond acceptors (Lipinski definition) is 3. The van der Waals surface area contributed by atoms with Gasteiger partial charge in [0.1, 0.15) is 0 Å². The summed E-state index contributed by atoms with van der Waals surface area (Å²) in [6, 6.07) is 34.2. The number of hydrogen-bond donors (Lipinski definition) is 0. The Hall–Kier alpha value is -3.73. The number of nitrogens with zero attached hydrogens (tertiary/aromatic N) is 1. The van der Waals surface area contributed by atoms with Crippen molar-refractivity contribution in [1.82, 2.24) is 4.98 Å². The topological polar surface area (TPSA) is 31.4 Å². The van der Waals surface area contributed by atoms with E-state index in [1.165, 1.54) is 27.6 Å². The fourth-order valence-corrected chi connectivity index (χ4v) is 5.10. The lowest BCUT2D eigenvalue weighted by Crippen LogP contribution is -2.41. The van der Waals surface area contributed by atoms with Gasteiger partial charge < -0.3 is 9.31 Å². The van der Waals surface area contributed by atoms with E-state index >= 15 is 0 Å². The van der Waals surface area contributed by atoms with Gasteiger partial charge in [-0.05, 0) is 78.0 Å². The van der Waals surface area contributed by atoms with Crippen LogP contribution in [0.2, 0.25) is 0 Å². The van der Waals surface area contributed by atoms with Gasteiger partial charge in [-0.1, -0.05) is 91.0 Å². The molecule has 0 amide bonds. The molecule has 0 saturated carbocycles. The molecule has 0 bridgehead atoms. The largest absolute Gasteiger partial charge is 0.494 e. The van der Waals surface area contributed by atoms with E-state index in [0.29, 0.717) is 0 Å². The molecule has 4 heteroatoms. The van der Waals surface area contributed by atoms with E-state index in [1.54, 1.807) is 0 Å². The number of pyridine rings is 1. The molecule has 0 unspecified atom stereocenters. The molecule has 0 radical (unpaired) electrons. The van der Waals surface area contributed by atoms with Crippen LogP contribution in [-0.2, 0) is 9.31 Å². The van der Waals surface area contributed by atoms with Crippen molar-refractivity contribution in [3.05, 3.63) is 109 Å². The summed E-state index contributed by atoms with van der Waals surface area (Å²) < 4.78 is 12.7. The minimum absolute atomic E-state index is 0.375. The quantitative estimate of drug-likeness (QED) is 0.248. The van der Waals surface area contributed by atoms with E-state index < -0.39 is 7.12 Å². The molecule has 4 aromatic carbocycles. The van der Waals surface area contributed by atoms with Crippen LogP contribution in [0.4, 0.5) is 0 Å². The zero-order valence-corrected chi connectivity index (χ0v) is 21.7. The van der Waals surface area contributed by atoms with Crippen molar-refractivity contribution < 1.29 is 9.31 Å². The molecule has 5 aromatic rings. The van der Waals surface area contributed by atoms with Crippen molar-refractivity contribution in [3.63, 3.8) is 0 Å². The normalized spacial score (nSPS) is 16.3. The molecule has 6 rings (SSSR count). The Labute approximate surface area is 219 Å². The zero-order valence-electron chi connectivity index (χ0n) is 21.7. The van der Waals surface area contributed by atoms with Crippen molar-refractivity contribution in [2.45, 2.75) is 38.9 Å². The lowest BCUT2D eigenvalue weighted by molar-refractivity contribution is 0.00578. The van der Waals surface area contributed by atoms with Gasteiger partial charge >= 0.3 is 7.12 Å². The van der Waals surface area contributed by atoms with Crippen LogP contribution in [0, 0.1) is 0 Å². The van der Waals surface area contributed by atoms with Crippen LogP contribution in [0.15, 0.2) is 109 Å². The predicted octanol–water partition coefficient (Wildman–Crippen LogP) is 7.54. The monoisotopic (exact) mass is 483 g/mol. The van der Waals surface area contributed by atoms with Crippen molar-refractivity contribution in [2.24, 2.45) is 0 Å². The summed E-state index contributed by atoms with van der Waals surface area (Å²) in [5, 5.41) is 2.30. The molecule has 0 N–H and O–H groups in total. The van der Waals surface area contributed by atoms with Gasteiger partial charge in [0, 0.05) is 17.8 Å². The van der Waals surface area contributed by atoms with E-state index in [0.717, 1.165) is 22.0 Å². The van der Waals surface area contributed by atoms with Crippen LogP contribution < -0.4 is 5.46 Å². The van der Waals surface area contributed by atoms with Crippen molar-refractivity contribution in [1.29, 1.82) is 0 Å². The highest BCUT2D eigenvalue weighted by atomic mass is 16.7. The maximum Gasteiger partial charge on any atom is 0.494 e. The highest BCUT2D eigenvalue weighted by molar-refractivity contribution is 6.62. The minimum Gasteiger partial charge on any atom is -0.399 e. The highest BCUT2D eigenvalue weighted by Gasteiger charge is 2.51. The second kappa shape index (κ2) is 8.98. The van der Waals surface area contributed by atoms with Crippen LogP contribution in [0.1, 0.15) is 27.7 Å². The Morgan fingerprint density at radius 2 is 1.22 bits per heavy atom. The molecule has 182 valence electrons. The lowest BCUT2D eigenvalue weighted by Gasteiger charge is -2.32. The first-order valence-electron chi connectivity index (χ1n) is 12.8. The van der Waals surface area contributed by atoms with Gasteiger partial charge in [0.25, 0.3) is 0 Å². The average molecular weight is 483 g/mol. The van der Waals surface area contributed by atoms with Gasteiger partial charge in [-0.25, -0.2) is 0 Å². The van der Waals surface area contributed by atoms with Gasteiger partial charge in [-0.3, -0.25) is 4.98 Å². The SMILES string of the molecule is CC1(C)OB(c2cccc(-c3ccc(-c4ccccc4-c4ccccc4)c4cnccc34)c2)OC1(C)C. The summed E-state index contributed by atoms with van der Waals surface area (Å²) in [5.74, 6) is 0. The van der Waals surface area contributed by atoms with E-state index in [2.05, 4.69) is 130 Å². The Kier molecular flexibility index (Phi) is 5.75. The summed E-state index contributed by atoms with van der Waals surface area (Å²) in [6.45, 7) is 8.35. The van der Waals surface area contributed by atoms with E-state index in [1.807, 2.05) is 12.4 Å². The minimum atomic E-state index is -0.394. The van der Waals surface area contributed by atoms with Crippen LogP contribution in [0.5, 0.6) is 0 Å². The van der Waals surface area contributed by atoms with Gasteiger partial charge in [-0.2, -0.15) is 0 Å². The molecule has 1 aliphatic heterocycles. The van der Waals surface area contributed by atoms with Crippen molar-refractivity contribution in [3.8, 4) is 33.4 Å². The number of rotatable bonds is 4. The standard InChI is InChI=1S/C33H30BNO2/c1-32(2)33(3,4)37-34(36-32)25-14-10-13-24(21-25)27-17-18-29(31-22-35-20-19-30(27)31)28-16-9-8-15-26(28)23-11-6-5-7-12-23/h5-22H,1-4H3. The van der Waals surface area contributed by atoms with Gasteiger partial charge in [-0.15, -0.1) is 0 Å². The van der Waals surface area contributed by atoms with Crippen LogP contribution in [-0.4, -0.2) is 23.3 Å². The Morgan fingerprint density at radius 1 is 0.568 bits per heavy atom. The molecule has 0 aliphatic carbocycles. The van der Waals surface area contributed by atoms with Crippen LogP contribution >= 0.6 is 0 Å². The summed E-state index contributed by atoms with van der Waals surface area (Å²) in [5.41, 5.74) is 7.36. The molecule has 1 aromatic heterocycles. The van der Waals surface area contributed by atoms with Gasteiger partial charge in [0.05, 0.1) is 11.2 Å². The summed E-state index contributed by atoms with van der Waals surface area (Å²) in [6.07, 6.45) is 3.85. The first-order chi connectivity index (χ1) is 17.8. The van der Waals surface area contributed by atoms with E-state index in [4.69, 9.17) is 9.31 Å². The third kappa shape index (κ3) is 4.17. The Morgan fingerprint density at radius 3 is 1.97 bits per heavy atom. The van der Waals surface area contributed by atoms with Crippen LogP contribution in [0.25, 0.3) is 44.2 Å². The first-order valence-corrected chi connectivity index (χ1v) is 12.8. The second-order valence-corrected chi connectivity index (χ2v) is 10.7. The lowest BCUT2D eigenvalue weighted by atomic mass is 9.77. The van der Waals surface area contributed by atoms with E-state index in [9.17, 15) is 0 Å². The predicted molar refractivity (Wildman–Crippen MR) is 154 cm³/mol. The van der Waals surface area contributed by atoms with Crippen molar-refractivity contribution in [2.75, 3.05) is 0 Å². The molecule has 0 atom stereocenters. The van der Waals surface area contributed by atoms with E-state index in [-0.39, 0.29) is 11.2 Å². The smallest absolute Gasteiger partial charge is 0.399 e. The number of fused-ring (bicyclic) bond motifs is 1. The summed E-state index contributed by atoms with van der Waals surface area (Å²) in [4.78, 5) is 4.51. The number of aromatic nitrogens is 1. The van der Waals surface area contributed by atoms with Crippen molar-refractivity contribution >= 4 is 23.4 Å². The molecular weight excluding hydrogens is 453 g/mol. The fraction of sp³-hybridized carbons (Fsp3) is 0.182. The Balaban J connectivity index is 1.46. The van der Waals surface area contributed by atoms with Crippen LogP contribution in [0.3, 0.4) is 0 Å². The highest BCUT2D eigenvalue weighted by Crippen LogP contribution is 2.40. The molecular formula is C33H30BNO2.